The molecule has 0 aromatic carbocycles. The van der Waals surface area contributed by atoms with E-state index in [1.807, 2.05) is 13.8 Å². The summed E-state index contributed by atoms with van der Waals surface area (Å²) in [7, 11) is 1.57. The molecule has 1 aromatic rings. The summed E-state index contributed by atoms with van der Waals surface area (Å²) in [4.78, 5) is 8.04. The molecule has 0 aliphatic heterocycles. The molecule has 0 spiro atoms. The lowest BCUT2D eigenvalue weighted by Gasteiger charge is -2.11. The lowest BCUT2D eigenvalue weighted by Crippen LogP contribution is -2.05. The van der Waals surface area contributed by atoms with Crippen molar-refractivity contribution >= 4 is 5.82 Å². The van der Waals surface area contributed by atoms with Crippen molar-refractivity contribution in [2.45, 2.75) is 13.8 Å². The highest BCUT2D eigenvalue weighted by molar-refractivity contribution is 5.54. The maximum atomic E-state index is 5.30. The van der Waals surface area contributed by atoms with Gasteiger partial charge in [-0.1, -0.05) is 0 Å². The average molecular weight is 197 g/mol. The van der Waals surface area contributed by atoms with Crippen LogP contribution < -0.4 is 14.8 Å². The largest absolute Gasteiger partial charge is 0.489 e. The Kier molecular flexibility index (Phi) is 3.97. The fourth-order valence-electron chi connectivity index (χ4n) is 1.07. The molecule has 0 atom stereocenters. The maximum absolute atomic E-state index is 5.30. The molecule has 0 saturated carbocycles. The lowest BCUT2D eigenvalue weighted by molar-refractivity contribution is 0.298. The minimum Gasteiger partial charge on any atom is -0.489 e. The third-order valence-corrected chi connectivity index (χ3v) is 1.60. The first-order chi connectivity index (χ1) is 6.83. The lowest BCUT2D eigenvalue weighted by atomic mass is 10.5. The van der Waals surface area contributed by atoms with Gasteiger partial charge in [0, 0.05) is 6.54 Å². The Morgan fingerprint density at radius 1 is 1.36 bits per heavy atom. The van der Waals surface area contributed by atoms with Crippen molar-refractivity contribution in [3.8, 4) is 11.6 Å². The maximum Gasteiger partial charge on any atom is 0.262 e. The van der Waals surface area contributed by atoms with E-state index in [4.69, 9.17) is 9.47 Å². The van der Waals surface area contributed by atoms with Gasteiger partial charge in [0.05, 0.1) is 13.7 Å². The molecule has 1 N–H and O–H groups in total. The topological polar surface area (TPSA) is 56.3 Å². The van der Waals surface area contributed by atoms with Crippen LogP contribution in [0, 0.1) is 0 Å². The summed E-state index contributed by atoms with van der Waals surface area (Å²) >= 11 is 0. The third-order valence-electron chi connectivity index (χ3n) is 1.60. The number of hydrogen-bond donors (Lipinski definition) is 1. The van der Waals surface area contributed by atoms with E-state index in [9.17, 15) is 0 Å². The monoisotopic (exact) mass is 197 g/mol. The number of ether oxygens (including phenoxy) is 2. The van der Waals surface area contributed by atoms with Crippen molar-refractivity contribution in [1.82, 2.24) is 9.97 Å². The summed E-state index contributed by atoms with van der Waals surface area (Å²) in [6, 6.07) is 0. The van der Waals surface area contributed by atoms with Gasteiger partial charge in [-0.05, 0) is 13.8 Å². The first kappa shape index (κ1) is 10.6. The number of aromatic nitrogens is 2. The molecule has 0 amide bonds. The number of methoxy groups -OCH3 is 1. The van der Waals surface area contributed by atoms with Crippen molar-refractivity contribution < 1.29 is 9.47 Å². The van der Waals surface area contributed by atoms with Crippen molar-refractivity contribution in [3.63, 3.8) is 0 Å². The van der Waals surface area contributed by atoms with E-state index in [0.29, 0.717) is 24.1 Å². The van der Waals surface area contributed by atoms with Gasteiger partial charge in [-0.3, -0.25) is 0 Å². The van der Waals surface area contributed by atoms with E-state index < -0.39 is 0 Å². The highest BCUT2D eigenvalue weighted by Gasteiger charge is 2.11. The van der Waals surface area contributed by atoms with Crippen LogP contribution in [0.25, 0.3) is 0 Å². The molecule has 14 heavy (non-hydrogen) atoms. The first-order valence-corrected chi connectivity index (χ1v) is 4.59. The molecule has 1 rings (SSSR count). The van der Waals surface area contributed by atoms with Gasteiger partial charge in [-0.25, -0.2) is 4.98 Å². The molecule has 0 aliphatic rings. The van der Waals surface area contributed by atoms with Crippen LogP contribution in [-0.4, -0.2) is 30.2 Å². The van der Waals surface area contributed by atoms with Crippen molar-refractivity contribution in [2.24, 2.45) is 0 Å². The fourth-order valence-corrected chi connectivity index (χ4v) is 1.07. The van der Waals surface area contributed by atoms with Crippen LogP contribution in [0.4, 0.5) is 5.82 Å². The van der Waals surface area contributed by atoms with E-state index in [0.717, 1.165) is 6.54 Å². The zero-order chi connectivity index (χ0) is 10.4. The summed E-state index contributed by atoms with van der Waals surface area (Å²) < 4.78 is 10.5. The van der Waals surface area contributed by atoms with E-state index in [1.54, 1.807) is 7.11 Å². The van der Waals surface area contributed by atoms with Crippen LogP contribution in [0.15, 0.2) is 6.33 Å². The molecule has 0 fully saturated rings. The van der Waals surface area contributed by atoms with Crippen LogP contribution in [0.1, 0.15) is 13.8 Å². The molecule has 0 bridgehead atoms. The Labute approximate surface area is 83.5 Å². The van der Waals surface area contributed by atoms with Crippen LogP contribution in [0.2, 0.25) is 0 Å². The standard InChI is InChI=1S/C9H15N3O2/c1-4-10-8-7(13-3)9(14-5-2)12-6-11-8/h6H,4-5H2,1-3H3,(H,10,11,12). The Hall–Kier alpha value is -1.52. The smallest absolute Gasteiger partial charge is 0.262 e. The summed E-state index contributed by atoms with van der Waals surface area (Å²) in [5.74, 6) is 1.69. The number of rotatable bonds is 5. The summed E-state index contributed by atoms with van der Waals surface area (Å²) in [6.45, 7) is 5.22. The van der Waals surface area contributed by atoms with Crippen LogP contribution >= 0.6 is 0 Å². The molecular formula is C9H15N3O2. The molecule has 0 unspecified atom stereocenters. The first-order valence-electron chi connectivity index (χ1n) is 4.59. The average Bonchev–Trinajstić information content (AvgIpc) is 2.19. The Balaban J connectivity index is 2.98. The zero-order valence-electron chi connectivity index (χ0n) is 8.70. The molecule has 1 aromatic heterocycles. The number of hydrogen-bond acceptors (Lipinski definition) is 5. The van der Waals surface area contributed by atoms with Crippen LogP contribution in [0.3, 0.4) is 0 Å². The molecule has 0 saturated heterocycles. The van der Waals surface area contributed by atoms with Crippen molar-refractivity contribution in [3.05, 3.63) is 6.33 Å². The van der Waals surface area contributed by atoms with E-state index in [2.05, 4.69) is 15.3 Å². The molecule has 0 radical (unpaired) electrons. The second-order valence-electron chi connectivity index (χ2n) is 2.52. The molecule has 5 nitrogen and oxygen atoms in total. The van der Waals surface area contributed by atoms with Gasteiger partial charge in [-0.15, -0.1) is 0 Å². The van der Waals surface area contributed by atoms with Gasteiger partial charge in [0.15, 0.2) is 5.82 Å². The minimum atomic E-state index is 0.473. The predicted molar refractivity (Wildman–Crippen MR) is 53.9 cm³/mol. The number of nitrogens with zero attached hydrogens (tertiary/aromatic N) is 2. The fraction of sp³-hybridized carbons (Fsp3) is 0.556. The van der Waals surface area contributed by atoms with Gasteiger partial charge in [0.1, 0.15) is 6.33 Å². The predicted octanol–water partition coefficient (Wildman–Crippen LogP) is 1.32. The van der Waals surface area contributed by atoms with Crippen molar-refractivity contribution in [1.29, 1.82) is 0 Å². The summed E-state index contributed by atoms with van der Waals surface area (Å²) in [5, 5.41) is 3.07. The van der Waals surface area contributed by atoms with E-state index in [1.165, 1.54) is 6.33 Å². The van der Waals surface area contributed by atoms with Gasteiger partial charge < -0.3 is 14.8 Å². The minimum absolute atomic E-state index is 0.473. The second kappa shape index (κ2) is 5.26. The van der Waals surface area contributed by atoms with E-state index in [-0.39, 0.29) is 0 Å². The number of nitrogens with one attached hydrogen (secondary N) is 1. The van der Waals surface area contributed by atoms with E-state index >= 15 is 0 Å². The molecule has 5 heteroatoms. The Morgan fingerprint density at radius 2 is 2.14 bits per heavy atom. The van der Waals surface area contributed by atoms with Gasteiger partial charge in [0.2, 0.25) is 5.75 Å². The summed E-state index contributed by atoms with van der Waals surface area (Å²) in [6.07, 6.45) is 1.45. The zero-order valence-corrected chi connectivity index (χ0v) is 8.70. The second-order valence-corrected chi connectivity index (χ2v) is 2.52. The van der Waals surface area contributed by atoms with Crippen molar-refractivity contribution in [2.75, 3.05) is 25.6 Å². The molecule has 1 heterocycles. The van der Waals surface area contributed by atoms with Crippen LogP contribution in [-0.2, 0) is 0 Å². The molecular weight excluding hydrogens is 182 g/mol. The Morgan fingerprint density at radius 3 is 2.71 bits per heavy atom. The normalized spacial score (nSPS) is 9.64. The van der Waals surface area contributed by atoms with Gasteiger partial charge in [0.25, 0.3) is 5.88 Å². The van der Waals surface area contributed by atoms with Crippen LogP contribution in [0.5, 0.6) is 11.6 Å². The highest BCUT2D eigenvalue weighted by Crippen LogP contribution is 2.30. The molecule has 78 valence electrons. The summed E-state index contributed by atoms with van der Waals surface area (Å²) in [5.41, 5.74) is 0. The van der Waals surface area contributed by atoms with Gasteiger partial charge >= 0.3 is 0 Å². The quantitative estimate of drug-likeness (QED) is 0.771. The SMILES string of the molecule is CCNc1ncnc(OCC)c1OC. The third kappa shape index (κ3) is 2.25. The Bertz CT molecular complexity index is 267. The van der Waals surface area contributed by atoms with Gasteiger partial charge in [-0.2, -0.15) is 4.98 Å². The molecule has 0 aliphatic carbocycles. The highest BCUT2D eigenvalue weighted by atomic mass is 16.5. The number of anilines is 1.